The SMILES string of the molecule is N=C(N)c1cc(C(F)(F)F)ccc1OCc1ccco1. The smallest absolute Gasteiger partial charge is 0.416 e. The van der Waals surface area contributed by atoms with Crippen molar-refractivity contribution in [2.24, 2.45) is 5.73 Å². The van der Waals surface area contributed by atoms with Crippen LogP contribution in [-0.4, -0.2) is 5.84 Å². The molecule has 2 aromatic rings. The second-order valence-corrected chi connectivity index (χ2v) is 3.99. The van der Waals surface area contributed by atoms with Crippen LogP contribution in [0.15, 0.2) is 41.0 Å². The van der Waals surface area contributed by atoms with Gasteiger partial charge in [0.05, 0.1) is 17.4 Å². The van der Waals surface area contributed by atoms with E-state index in [1.165, 1.54) is 6.26 Å². The molecule has 20 heavy (non-hydrogen) atoms. The first-order valence-corrected chi connectivity index (χ1v) is 5.59. The van der Waals surface area contributed by atoms with E-state index in [1.807, 2.05) is 0 Å². The van der Waals surface area contributed by atoms with Gasteiger partial charge in [0.15, 0.2) is 0 Å². The van der Waals surface area contributed by atoms with Crippen molar-refractivity contribution in [2.75, 3.05) is 0 Å². The highest BCUT2D eigenvalue weighted by atomic mass is 19.4. The van der Waals surface area contributed by atoms with Crippen LogP contribution in [0.4, 0.5) is 13.2 Å². The van der Waals surface area contributed by atoms with Crippen molar-refractivity contribution in [2.45, 2.75) is 12.8 Å². The maximum absolute atomic E-state index is 12.6. The lowest BCUT2D eigenvalue weighted by Crippen LogP contribution is -2.15. The Morgan fingerprint density at radius 1 is 1.30 bits per heavy atom. The third-order valence-corrected chi connectivity index (χ3v) is 2.55. The number of benzene rings is 1. The summed E-state index contributed by atoms with van der Waals surface area (Å²) >= 11 is 0. The topological polar surface area (TPSA) is 72.2 Å². The maximum Gasteiger partial charge on any atom is 0.416 e. The molecular formula is C13H11F3N2O2. The molecule has 7 heteroatoms. The van der Waals surface area contributed by atoms with Gasteiger partial charge in [0.25, 0.3) is 0 Å². The number of ether oxygens (including phenoxy) is 1. The molecule has 0 spiro atoms. The van der Waals surface area contributed by atoms with E-state index in [0.717, 1.165) is 18.2 Å². The second kappa shape index (κ2) is 5.28. The Kier molecular flexibility index (Phi) is 3.69. The van der Waals surface area contributed by atoms with E-state index < -0.39 is 17.6 Å². The number of alkyl halides is 3. The molecule has 0 saturated carbocycles. The van der Waals surface area contributed by atoms with Crippen LogP contribution in [-0.2, 0) is 12.8 Å². The minimum atomic E-state index is -4.50. The quantitative estimate of drug-likeness (QED) is 0.669. The molecule has 0 aliphatic heterocycles. The van der Waals surface area contributed by atoms with E-state index in [-0.39, 0.29) is 17.9 Å². The highest BCUT2D eigenvalue weighted by molar-refractivity contribution is 5.97. The molecule has 0 fully saturated rings. The van der Waals surface area contributed by atoms with Gasteiger partial charge in [-0.2, -0.15) is 13.2 Å². The van der Waals surface area contributed by atoms with Crippen LogP contribution in [0.2, 0.25) is 0 Å². The number of furan rings is 1. The molecule has 0 atom stereocenters. The van der Waals surface area contributed by atoms with Crippen molar-refractivity contribution in [3.8, 4) is 5.75 Å². The Bertz CT molecular complexity index is 607. The summed E-state index contributed by atoms with van der Waals surface area (Å²) in [6.45, 7) is 0.0403. The molecule has 0 unspecified atom stereocenters. The minimum Gasteiger partial charge on any atom is -0.485 e. The monoisotopic (exact) mass is 284 g/mol. The Morgan fingerprint density at radius 3 is 2.60 bits per heavy atom. The number of rotatable bonds is 4. The molecule has 4 nitrogen and oxygen atoms in total. The Morgan fingerprint density at radius 2 is 2.05 bits per heavy atom. The zero-order chi connectivity index (χ0) is 14.8. The maximum atomic E-state index is 12.6. The molecule has 0 aliphatic carbocycles. The molecule has 0 amide bonds. The predicted molar refractivity (Wildman–Crippen MR) is 65.5 cm³/mol. The van der Waals surface area contributed by atoms with Crippen molar-refractivity contribution in [3.63, 3.8) is 0 Å². The molecule has 106 valence electrons. The summed E-state index contributed by atoms with van der Waals surface area (Å²) in [5.74, 6) is 0.117. The van der Waals surface area contributed by atoms with Gasteiger partial charge < -0.3 is 14.9 Å². The van der Waals surface area contributed by atoms with Crippen LogP contribution in [0.3, 0.4) is 0 Å². The lowest BCUT2D eigenvalue weighted by Gasteiger charge is -2.13. The fourth-order valence-corrected chi connectivity index (χ4v) is 1.59. The van der Waals surface area contributed by atoms with Crippen molar-refractivity contribution in [1.29, 1.82) is 5.41 Å². The molecule has 1 heterocycles. The molecule has 0 saturated heterocycles. The van der Waals surface area contributed by atoms with Crippen LogP contribution in [0.1, 0.15) is 16.9 Å². The fourth-order valence-electron chi connectivity index (χ4n) is 1.59. The zero-order valence-electron chi connectivity index (χ0n) is 10.2. The Hall–Kier alpha value is -2.44. The fraction of sp³-hybridized carbons (Fsp3) is 0.154. The summed E-state index contributed by atoms with van der Waals surface area (Å²) in [5.41, 5.74) is 4.30. The lowest BCUT2D eigenvalue weighted by molar-refractivity contribution is -0.137. The van der Waals surface area contributed by atoms with Crippen LogP contribution in [0.5, 0.6) is 5.75 Å². The van der Waals surface area contributed by atoms with Gasteiger partial charge in [-0.05, 0) is 30.3 Å². The van der Waals surface area contributed by atoms with E-state index in [4.69, 9.17) is 20.3 Å². The third-order valence-electron chi connectivity index (χ3n) is 2.55. The van der Waals surface area contributed by atoms with Gasteiger partial charge in [-0.1, -0.05) is 0 Å². The Balaban J connectivity index is 2.26. The van der Waals surface area contributed by atoms with Crippen molar-refractivity contribution in [3.05, 3.63) is 53.5 Å². The number of nitrogens with two attached hydrogens (primary N) is 1. The van der Waals surface area contributed by atoms with E-state index in [2.05, 4.69) is 0 Å². The normalized spacial score (nSPS) is 11.3. The van der Waals surface area contributed by atoms with Gasteiger partial charge >= 0.3 is 6.18 Å². The summed E-state index contributed by atoms with van der Waals surface area (Å²) in [5, 5.41) is 7.34. The molecule has 3 N–H and O–H groups in total. The number of nitrogens with one attached hydrogen (secondary N) is 1. The highest BCUT2D eigenvalue weighted by Gasteiger charge is 2.31. The second-order valence-electron chi connectivity index (χ2n) is 3.99. The van der Waals surface area contributed by atoms with Gasteiger partial charge in [-0.25, -0.2) is 0 Å². The molecule has 0 radical (unpaired) electrons. The zero-order valence-corrected chi connectivity index (χ0v) is 10.2. The first-order valence-electron chi connectivity index (χ1n) is 5.59. The van der Waals surface area contributed by atoms with Gasteiger partial charge in [0.2, 0.25) is 0 Å². The molecule has 0 aliphatic rings. The standard InChI is InChI=1S/C13H11F3N2O2/c14-13(15,16)8-3-4-11(10(6-8)12(17)18)20-7-9-2-1-5-19-9/h1-6H,7H2,(H3,17,18). The molecule has 2 rings (SSSR count). The van der Waals surface area contributed by atoms with Gasteiger partial charge in [0, 0.05) is 0 Å². The average molecular weight is 284 g/mol. The van der Waals surface area contributed by atoms with Gasteiger partial charge in [0.1, 0.15) is 24.0 Å². The number of halogens is 3. The molecule has 0 bridgehead atoms. The number of nitrogen functional groups attached to an aromatic ring is 1. The average Bonchev–Trinajstić information content (AvgIpc) is 2.88. The van der Waals surface area contributed by atoms with Crippen LogP contribution in [0.25, 0.3) is 0 Å². The predicted octanol–water partition coefficient (Wildman–Crippen LogP) is 3.16. The summed E-state index contributed by atoms with van der Waals surface area (Å²) in [6.07, 6.45) is -3.04. The largest absolute Gasteiger partial charge is 0.485 e. The van der Waals surface area contributed by atoms with Crippen LogP contribution >= 0.6 is 0 Å². The molecule has 1 aromatic heterocycles. The van der Waals surface area contributed by atoms with Crippen LogP contribution in [0, 0.1) is 5.41 Å². The van der Waals surface area contributed by atoms with E-state index in [1.54, 1.807) is 12.1 Å². The lowest BCUT2D eigenvalue weighted by atomic mass is 10.1. The first kappa shape index (κ1) is 14.0. The summed E-state index contributed by atoms with van der Waals surface area (Å²) in [6, 6.07) is 6.14. The van der Waals surface area contributed by atoms with Crippen LogP contribution < -0.4 is 10.5 Å². The molecule has 1 aromatic carbocycles. The van der Waals surface area contributed by atoms with Gasteiger partial charge in [-0.3, -0.25) is 5.41 Å². The van der Waals surface area contributed by atoms with Crippen molar-refractivity contribution >= 4 is 5.84 Å². The minimum absolute atomic E-state index is 0.0403. The number of amidine groups is 1. The molecular weight excluding hydrogens is 273 g/mol. The first-order chi connectivity index (χ1) is 9.38. The number of hydrogen-bond donors (Lipinski definition) is 2. The summed E-state index contributed by atoms with van der Waals surface area (Å²) in [4.78, 5) is 0. The van der Waals surface area contributed by atoms with E-state index in [0.29, 0.717) is 5.76 Å². The van der Waals surface area contributed by atoms with E-state index >= 15 is 0 Å². The summed E-state index contributed by atoms with van der Waals surface area (Å²) < 4.78 is 48.2. The highest BCUT2D eigenvalue weighted by Crippen LogP contribution is 2.32. The number of hydrogen-bond acceptors (Lipinski definition) is 3. The van der Waals surface area contributed by atoms with Crippen molar-refractivity contribution in [1.82, 2.24) is 0 Å². The van der Waals surface area contributed by atoms with Crippen molar-refractivity contribution < 1.29 is 22.3 Å². The summed E-state index contributed by atoms with van der Waals surface area (Å²) in [7, 11) is 0. The van der Waals surface area contributed by atoms with E-state index in [9.17, 15) is 13.2 Å². The third kappa shape index (κ3) is 3.11. The Labute approximate surface area is 112 Å². The van der Waals surface area contributed by atoms with Gasteiger partial charge in [-0.15, -0.1) is 0 Å².